The lowest BCUT2D eigenvalue weighted by Gasteiger charge is -2.29. The van der Waals surface area contributed by atoms with Gasteiger partial charge in [0.15, 0.2) is 0 Å². The molecule has 21 heavy (non-hydrogen) atoms. The van der Waals surface area contributed by atoms with Crippen molar-refractivity contribution < 1.29 is 13.6 Å². The second-order valence-electron chi connectivity index (χ2n) is 5.83. The third-order valence-corrected chi connectivity index (χ3v) is 4.22. The molecular formula is C16H22F2N2O. The number of hydrogen-bond donors (Lipinski definition) is 2. The Kier molecular flexibility index (Phi) is 5.15. The van der Waals surface area contributed by atoms with Crippen molar-refractivity contribution >= 4 is 11.6 Å². The van der Waals surface area contributed by atoms with E-state index in [1.54, 1.807) is 0 Å². The lowest BCUT2D eigenvalue weighted by molar-refractivity contribution is 0.0920. The van der Waals surface area contributed by atoms with Crippen molar-refractivity contribution in [3.05, 3.63) is 29.3 Å². The number of nitrogens with two attached hydrogens (primary N) is 1. The second kappa shape index (κ2) is 6.87. The van der Waals surface area contributed by atoms with Crippen molar-refractivity contribution in [1.82, 2.24) is 5.32 Å². The molecule has 1 aromatic carbocycles. The van der Waals surface area contributed by atoms with Gasteiger partial charge in [-0.2, -0.15) is 0 Å². The van der Waals surface area contributed by atoms with Gasteiger partial charge in [-0.3, -0.25) is 4.79 Å². The Morgan fingerprint density at radius 3 is 2.33 bits per heavy atom. The molecule has 3 N–H and O–H groups in total. The van der Waals surface area contributed by atoms with E-state index in [4.69, 9.17) is 5.73 Å². The molecule has 0 heterocycles. The number of hydrogen-bond acceptors (Lipinski definition) is 2. The summed E-state index contributed by atoms with van der Waals surface area (Å²) in [5.74, 6) is -1.49. The lowest BCUT2D eigenvalue weighted by atomic mass is 9.83. The SMILES string of the molecule is CCCC1CCC(NC(=O)c2cc(F)c(N)c(F)c2)CC1. The number of halogens is 2. The summed E-state index contributed by atoms with van der Waals surface area (Å²) < 4.78 is 26.7. The van der Waals surface area contributed by atoms with Crippen LogP contribution in [0.4, 0.5) is 14.5 Å². The van der Waals surface area contributed by atoms with E-state index in [2.05, 4.69) is 12.2 Å². The van der Waals surface area contributed by atoms with Crippen molar-refractivity contribution in [3.8, 4) is 0 Å². The Morgan fingerprint density at radius 2 is 1.81 bits per heavy atom. The molecule has 1 fully saturated rings. The second-order valence-corrected chi connectivity index (χ2v) is 5.83. The first-order chi connectivity index (χ1) is 10.0. The third-order valence-electron chi connectivity index (χ3n) is 4.22. The molecule has 1 aliphatic carbocycles. The number of carbonyl (C=O) groups is 1. The molecule has 1 amide bonds. The molecule has 0 aromatic heterocycles. The van der Waals surface area contributed by atoms with Gasteiger partial charge in [-0.25, -0.2) is 8.78 Å². The molecule has 5 heteroatoms. The van der Waals surface area contributed by atoms with E-state index in [9.17, 15) is 13.6 Å². The monoisotopic (exact) mass is 296 g/mol. The molecule has 0 saturated heterocycles. The molecule has 1 aliphatic rings. The molecule has 0 spiro atoms. The molecule has 2 rings (SSSR count). The van der Waals surface area contributed by atoms with Crippen LogP contribution in [0.5, 0.6) is 0 Å². The van der Waals surface area contributed by atoms with Crippen molar-refractivity contribution in [2.24, 2.45) is 5.92 Å². The zero-order valence-electron chi connectivity index (χ0n) is 12.3. The summed E-state index contributed by atoms with van der Waals surface area (Å²) in [5.41, 5.74) is 4.63. The van der Waals surface area contributed by atoms with Crippen molar-refractivity contribution in [2.75, 3.05) is 5.73 Å². The molecule has 1 saturated carbocycles. The van der Waals surface area contributed by atoms with Crippen LogP contribution in [0.3, 0.4) is 0 Å². The van der Waals surface area contributed by atoms with Crippen molar-refractivity contribution in [1.29, 1.82) is 0 Å². The van der Waals surface area contributed by atoms with Gasteiger partial charge >= 0.3 is 0 Å². The summed E-state index contributed by atoms with van der Waals surface area (Å²) in [7, 11) is 0. The fourth-order valence-corrected chi connectivity index (χ4v) is 2.99. The van der Waals surface area contributed by atoms with Crippen LogP contribution in [0, 0.1) is 17.6 Å². The number of benzene rings is 1. The quantitative estimate of drug-likeness (QED) is 0.834. The van der Waals surface area contributed by atoms with Gasteiger partial charge in [0.25, 0.3) is 5.91 Å². The van der Waals surface area contributed by atoms with E-state index >= 15 is 0 Å². The van der Waals surface area contributed by atoms with Gasteiger partial charge in [0, 0.05) is 11.6 Å². The summed E-state index contributed by atoms with van der Waals surface area (Å²) in [4.78, 5) is 12.1. The average Bonchev–Trinajstić information content (AvgIpc) is 2.46. The predicted octanol–water partition coefficient (Wildman–Crippen LogP) is 3.64. The molecular weight excluding hydrogens is 274 g/mol. The third kappa shape index (κ3) is 3.93. The Morgan fingerprint density at radius 1 is 1.24 bits per heavy atom. The van der Waals surface area contributed by atoms with Crippen LogP contribution in [0.1, 0.15) is 55.8 Å². The Balaban J connectivity index is 1.93. The average molecular weight is 296 g/mol. The van der Waals surface area contributed by atoms with E-state index in [-0.39, 0.29) is 11.6 Å². The van der Waals surface area contributed by atoms with Crippen LogP contribution in [-0.4, -0.2) is 11.9 Å². The largest absolute Gasteiger partial charge is 0.394 e. The fraction of sp³-hybridized carbons (Fsp3) is 0.562. The normalized spacial score (nSPS) is 22.0. The van der Waals surface area contributed by atoms with Gasteiger partial charge in [-0.15, -0.1) is 0 Å². The van der Waals surface area contributed by atoms with Gasteiger partial charge in [-0.05, 0) is 43.7 Å². The van der Waals surface area contributed by atoms with Crippen LogP contribution in [0.2, 0.25) is 0 Å². The summed E-state index contributed by atoms with van der Waals surface area (Å²) in [5, 5.41) is 2.86. The van der Waals surface area contributed by atoms with Crippen molar-refractivity contribution in [3.63, 3.8) is 0 Å². The van der Waals surface area contributed by atoms with Gasteiger partial charge in [0.1, 0.15) is 17.3 Å². The highest BCUT2D eigenvalue weighted by Gasteiger charge is 2.23. The summed E-state index contributed by atoms with van der Waals surface area (Å²) in [6.45, 7) is 2.18. The highest BCUT2D eigenvalue weighted by atomic mass is 19.1. The minimum absolute atomic E-state index is 0.0186. The summed E-state index contributed by atoms with van der Waals surface area (Å²) in [6.07, 6.45) is 6.47. The summed E-state index contributed by atoms with van der Waals surface area (Å²) in [6, 6.07) is 2.06. The van der Waals surface area contributed by atoms with E-state index < -0.39 is 23.2 Å². The predicted molar refractivity (Wildman–Crippen MR) is 78.9 cm³/mol. The first-order valence-electron chi connectivity index (χ1n) is 7.56. The molecule has 116 valence electrons. The van der Waals surface area contributed by atoms with Gasteiger partial charge in [0.2, 0.25) is 0 Å². The molecule has 3 nitrogen and oxygen atoms in total. The number of carbonyl (C=O) groups excluding carboxylic acids is 1. The maximum atomic E-state index is 13.4. The minimum Gasteiger partial charge on any atom is -0.394 e. The molecule has 0 aliphatic heterocycles. The molecule has 0 radical (unpaired) electrons. The molecule has 1 aromatic rings. The molecule has 0 atom stereocenters. The summed E-state index contributed by atoms with van der Waals surface area (Å²) >= 11 is 0. The molecule has 0 bridgehead atoms. The molecule has 0 unspecified atom stereocenters. The van der Waals surface area contributed by atoms with Gasteiger partial charge < -0.3 is 11.1 Å². The van der Waals surface area contributed by atoms with Crippen LogP contribution < -0.4 is 11.1 Å². The van der Waals surface area contributed by atoms with Crippen LogP contribution in [-0.2, 0) is 0 Å². The Labute approximate surface area is 123 Å². The van der Waals surface area contributed by atoms with E-state index in [1.165, 1.54) is 12.8 Å². The minimum atomic E-state index is -0.896. The van der Waals surface area contributed by atoms with Crippen molar-refractivity contribution in [2.45, 2.75) is 51.5 Å². The number of nitrogens with one attached hydrogen (secondary N) is 1. The highest BCUT2D eigenvalue weighted by molar-refractivity contribution is 5.94. The lowest BCUT2D eigenvalue weighted by Crippen LogP contribution is -2.37. The zero-order valence-corrected chi connectivity index (χ0v) is 12.3. The smallest absolute Gasteiger partial charge is 0.251 e. The fourth-order valence-electron chi connectivity index (χ4n) is 2.99. The highest BCUT2D eigenvalue weighted by Crippen LogP contribution is 2.28. The first-order valence-corrected chi connectivity index (χ1v) is 7.56. The maximum absolute atomic E-state index is 13.4. The van der Waals surface area contributed by atoms with E-state index in [0.717, 1.165) is 43.7 Å². The number of nitrogen functional groups attached to an aromatic ring is 1. The maximum Gasteiger partial charge on any atom is 0.251 e. The number of rotatable bonds is 4. The zero-order chi connectivity index (χ0) is 15.4. The topological polar surface area (TPSA) is 55.1 Å². The number of anilines is 1. The van der Waals surface area contributed by atoms with Gasteiger partial charge in [0.05, 0.1) is 0 Å². The van der Waals surface area contributed by atoms with Crippen LogP contribution in [0.15, 0.2) is 12.1 Å². The Hall–Kier alpha value is -1.65. The first kappa shape index (κ1) is 15.7. The standard InChI is InChI=1S/C16H22F2N2O/c1-2-3-10-4-6-12(7-5-10)20-16(21)11-8-13(17)15(19)14(18)9-11/h8-10,12H,2-7,19H2,1H3,(H,20,21). The van der Waals surface area contributed by atoms with Gasteiger partial charge in [-0.1, -0.05) is 19.8 Å². The Bertz CT molecular complexity index is 488. The van der Waals surface area contributed by atoms with E-state index in [1.807, 2.05) is 0 Å². The van der Waals surface area contributed by atoms with E-state index in [0.29, 0.717) is 0 Å². The van der Waals surface area contributed by atoms with Crippen LogP contribution >= 0.6 is 0 Å². The number of amides is 1. The van der Waals surface area contributed by atoms with Crippen LogP contribution in [0.25, 0.3) is 0 Å².